The molecule has 21 heavy (non-hydrogen) atoms. The second kappa shape index (κ2) is 5.61. The number of nitrogens with two attached hydrogens (primary N) is 1. The number of nitrogen functional groups attached to an aromatic ring is 1. The Morgan fingerprint density at radius 3 is 2.24 bits per heavy atom. The van der Waals surface area contributed by atoms with Gasteiger partial charge in [-0.15, -0.1) is 0 Å². The number of anilines is 3. The van der Waals surface area contributed by atoms with Gasteiger partial charge in [0.05, 0.1) is 0 Å². The normalized spacial score (nSPS) is 11.3. The second-order valence-electron chi connectivity index (χ2n) is 5.61. The first-order valence-electron chi connectivity index (χ1n) is 6.38. The van der Waals surface area contributed by atoms with Crippen LogP contribution in [0.15, 0.2) is 24.3 Å². The molecule has 5 nitrogen and oxygen atoms in total. The molecule has 1 aromatic heterocycles. The van der Waals surface area contributed by atoms with Gasteiger partial charge < -0.3 is 10.7 Å². The Morgan fingerprint density at radius 1 is 1.00 bits per heavy atom. The smallest absolute Gasteiger partial charge is 0.160 e. The number of hydrazine groups is 1. The number of rotatable bonds is 3. The third-order valence-corrected chi connectivity index (χ3v) is 2.74. The molecule has 0 aliphatic carbocycles. The molecule has 0 unspecified atom stereocenters. The fourth-order valence-electron chi connectivity index (χ4n) is 1.64. The Labute approximate surface area is 121 Å². The number of hydrogen-bond donors (Lipinski definition) is 3. The largest absolute Gasteiger partial charge is 0.340 e. The van der Waals surface area contributed by atoms with Crippen LogP contribution in [0.25, 0.3) is 0 Å². The van der Waals surface area contributed by atoms with Crippen molar-refractivity contribution in [3.8, 4) is 0 Å². The van der Waals surface area contributed by atoms with E-state index in [-0.39, 0.29) is 5.41 Å². The highest BCUT2D eigenvalue weighted by molar-refractivity contribution is 5.59. The zero-order chi connectivity index (χ0) is 15.6. The Morgan fingerprint density at radius 2 is 1.67 bits per heavy atom. The van der Waals surface area contributed by atoms with E-state index in [1.54, 1.807) is 6.07 Å². The molecular formula is C14H17F2N5. The molecule has 0 saturated heterocycles. The Kier molecular flexibility index (Phi) is 4.04. The van der Waals surface area contributed by atoms with Gasteiger partial charge in [0, 0.05) is 23.2 Å². The number of nitrogens with one attached hydrogen (secondary N) is 2. The maximum Gasteiger partial charge on any atom is 0.160 e. The van der Waals surface area contributed by atoms with Crippen LogP contribution in [0.2, 0.25) is 0 Å². The molecule has 112 valence electrons. The van der Waals surface area contributed by atoms with Crippen molar-refractivity contribution in [1.82, 2.24) is 9.97 Å². The van der Waals surface area contributed by atoms with Gasteiger partial charge in [-0.1, -0.05) is 20.8 Å². The van der Waals surface area contributed by atoms with Crippen LogP contribution in [0.1, 0.15) is 26.6 Å². The average molecular weight is 293 g/mol. The molecule has 0 fully saturated rings. The van der Waals surface area contributed by atoms with E-state index in [2.05, 4.69) is 20.7 Å². The maximum absolute atomic E-state index is 13.2. The third-order valence-electron chi connectivity index (χ3n) is 2.74. The minimum Gasteiger partial charge on any atom is -0.340 e. The molecule has 0 aliphatic heterocycles. The predicted octanol–water partition coefficient (Wildman–Crippen LogP) is 3.08. The van der Waals surface area contributed by atoms with E-state index in [0.717, 1.165) is 12.1 Å². The molecule has 2 aromatic rings. The van der Waals surface area contributed by atoms with E-state index in [1.165, 1.54) is 6.07 Å². The molecule has 0 amide bonds. The molecular weight excluding hydrogens is 276 g/mol. The average Bonchev–Trinajstić information content (AvgIpc) is 2.41. The quantitative estimate of drug-likeness (QED) is 0.599. The van der Waals surface area contributed by atoms with Crippen LogP contribution in [0.4, 0.5) is 26.1 Å². The first kappa shape index (κ1) is 15.1. The van der Waals surface area contributed by atoms with Gasteiger partial charge in [-0.25, -0.2) is 24.6 Å². The topological polar surface area (TPSA) is 75.9 Å². The van der Waals surface area contributed by atoms with Crippen molar-refractivity contribution >= 4 is 17.3 Å². The zero-order valence-electron chi connectivity index (χ0n) is 12.0. The molecule has 2 rings (SSSR count). The van der Waals surface area contributed by atoms with Crippen LogP contribution >= 0.6 is 0 Å². The molecule has 0 spiro atoms. The lowest BCUT2D eigenvalue weighted by Crippen LogP contribution is -2.19. The van der Waals surface area contributed by atoms with E-state index in [1.807, 2.05) is 20.8 Å². The lowest BCUT2D eigenvalue weighted by Gasteiger charge is -2.18. The highest BCUT2D eigenvalue weighted by atomic mass is 19.2. The summed E-state index contributed by atoms with van der Waals surface area (Å²) in [5.41, 5.74) is 2.57. The fourth-order valence-corrected chi connectivity index (χ4v) is 1.64. The summed E-state index contributed by atoms with van der Waals surface area (Å²) in [6, 6.07) is 5.11. The van der Waals surface area contributed by atoms with Crippen molar-refractivity contribution in [3.63, 3.8) is 0 Å². The summed E-state index contributed by atoms with van der Waals surface area (Å²) in [5, 5.41) is 2.91. The Balaban J connectivity index is 2.36. The van der Waals surface area contributed by atoms with Crippen molar-refractivity contribution in [2.45, 2.75) is 26.2 Å². The molecule has 0 atom stereocenters. The molecule has 1 heterocycles. The van der Waals surface area contributed by atoms with Crippen molar-refractivity contribution in [1.29, 1.82) is 0 Å². The van der Waals surface area contributed by atoms with Crippen LogP contribution in [-0.2, 0) is 5.41 Å². The van der Waals surface area contributed by atoms with Crippen LogP contribution < -0.4 is 16.6 Å². The van der Waals surface area contributed by atoms with E-state index in [9.17, 15) is 8.78 Å². The third kappa shape index (κ3) is 3.63. The summed E-state index contributed by atoms with van der Waals surface area (Å²) in [5.74, 6) is 5.00. The van der Waals surface area contributed by atoms with Crippen LogP contribution in [0.3, 0.4) is 0 Å². The summed E-state index contributed by atoms with van der Waals surface area (Å²) in [4.78, 5) is 8.64. The number of aromatic nitrogens is 2. The summed E-state index contributed by atoms with van der Waals surface area (Å²) in [6.45, 7) is 5.89. The minimum atomic E-state index is -0.928. The summed E-state index contributed by atoms with van der Waals surface area (Å²) < 4.78 is 26.1. The van der Waals surface area contributed by atoms with Crippen molar-refractivity contribution in [3.05, 3.63) is 41.7 Å². The predicted molar refractivity (Wildman–Crippen MR) is 78.2 cm³/mol. The monoisotopic (exact) mass is 293 g/mol. The lowest BCUT2D eigenvalue weighted by molar-refractivity contribution is 0.509. The van der Waals surface area contributed by atoms with E-state index in [4.69, 9.17) is 5.84 Å². The summed E-state index contributed by atoms with van der Waals surface area (Å²) in [7, 11) is 0. The maximum atomic E-state index is 13.2. The van der Waals surface area contributed by atoms with Crippen molar-refractivity contribution < 1.29 is 8.78 Å². The molecule has 0 aliphatic rings. The highest BCUT2D eigenvalue weighted by Gasteiger charge is 2.19. The Bertz CT molecular complexity index is 652. The second-order valence-corrected chi connectivity index (χ2v) is 5.61. The van der Waals surface area contributed by atoms with Gasteiger partial charge in [0.15, 0.2) is 11.6 Å². The van der Waals surface area contributed by atoms with Gasteiger partial charge in [0.25, 0.3) is 0 Å². The number of nitrogens with zero attached hydrogens (tertiary/aromatic N) is 2. The van der Waals surface area contributed by atoms with E-state index < -0.39 is 11.6 Å². The van der Waals surface area contributed by atoms with Crippen LogP contribution in [0, 0.1) is 11.6 Å². The van der Waals surface area contributed by atoms with Crippen molar-refractivity contribution in [2.75, 3.05) is 10.7 Å². The number of halogens is 2. The summed E-state index contributed by atoms with van der Waals surface area (Å²) >= 11 is 0. The molecule has 0 radical (unpaired) electrons. The lowest BCUT2D eigenvalue weighted by atomic mass is 9.96. The molecule has 0 saturated carbocycles. The molecule has 4 N–H and O–H groups in total. The standard InChI is InChI=1S/C14H17F2N5/c1-14(2,3)13-19-11(7-12(20-13)21-17)18-8-4-5-9(15)10(16)6-8/h4-7H,17H2,1-3H3,(H2,18,19,20,21). The SMILES string of the molecule is CC(C)(C)c1nc(NN)cc(Nc2ccc(F)c(F)c2)n1. The molecule has 1 aromatic carbocycles. The van der Waals surface area contributed by atoms with Gasteiger partial charge in [-0.05, 0) is 12.1 Å². The van der Waals surface area contributed by atoms with Crippen molar-refractivity contribution in [2.24, 2.45) is 5.84 Å². The van der Waals surface area contributed by atoms with Gasteiger partial charge in [-0.2, -0.15) is 0 Å². The van der Waals surface area contributed by atoms with E-state index >= 15 is 0 Å². The zero-order valence-corrected chi connectivity index (χ0v) is 12.0. The minimum absolute atomic E-state index is 0.280. The first-order valence-corrected chi connectivity index (χ1v) is 6.38. The van der Waals surface area contributed by atoms with Gasteiger partial charge in [0.1, 0.15) is 17.5 Å². The number of benzene rings is 1. The summed E-state index contributed by atoms with van der Waals surface area (Å²) in [6.07, 6.45) is 0. The van der Waals surface area contributed by atoms with Gasteiger partial charge in [0.2, 0.25) is 0 Å². The highest BCUT2D eigenvalue weighted by Crippen LogP contribution is 2.24. The Hall–Kier alpha value is -2.28. The molecule has 0 bridgehead atoms. The first-order chi connectivity index (χ1) is 9.79. The van der Waals surface area contributed by atoms with Gasteiger partial charge >= 0.3 is 0 Å². The van der Waals surface area contributed by atoms with Gasteiger partial charge in [-0.3, -0.25) is 0 Å². The molecule has 7 heteroatoms. The van der Waals surface area contributed by atoms with Crippen LogP contribution in [-0.4, -0.2) is 9.97 Å². The fraction of sp³-hybridized carbons (Fsp3) is 0.286. The van der Waals surface area contributed by atoms with Crippen LogP contribution in [0.5, 0.6) is 0 Å². The number of hydrogen-bond acceptors (Lipinski definition) is 5. The van der Waals surface area contributed by atoms with E-state index in [0.29, 0.717) is 23.1 Å².